The van der Waals surface area contributed by atoms with E-state index < -0.39 is 6.04 Å². The summed E-state index contributed by atoms with van der Waals surface area (Å²) in [5, 5.41) is 6.12. The van der Waals surface area contributed by atoms with Gasteiger partial charge in [0.25, 0.3) is 5.91 Å². The lowest BCUT2D eigenvalue weighted by Crippen LogP contribution is -2.61. The zero-order valence-electron chi connectivity index (χ0n) is 18.0. The highest BCUT2D eigenvalue weighted by molar-refractivity contribution is 6.10. The molecule has 2 N–H and O–H groups in total. The van der Waals surface area contributed by atoms with E-state index in [0.717, 1.165) is 36.3 Å². The minimum absolute atomic E-state index is 0.0194. The van der Waals surface area contributed by atoms with E-state index in [1.165, 1.54) is 0 Å². The first-order valence-corrected chi connectivity index (χ1v) is 11.0. The maximum absolute atomic E-state index is 13.4. The molecule has 0 radical (unpaired) electrons. The van der Waals surface area contributed by atoms with Crippen molar-refractivity contribution in [2.24, 2.45) is 0 Å². The first kappa shape index (κ1) is 20.5. The van der Waals surface area contributed by atoms with E-state index in [0.29, 0.717) is 24.3 Å². The summed E-state index contributed by atoms with van der Waals surface area (Å²) in [5.74, 6) is 0.330. The van der Waals surface area contributed by atoms with Gasteiger partial charge in [-0.15, -0.1) is 0 Å². The Kier molecular flexibility index (Phi) is 5.30. The van der Waals surface area contributed by atoms with Crippen molar-refractivity contribution in [1.82, 2.24) is 15.1 Å². The Balaban J connectivity index is 1.40. The van der Waals surface area contributed by atoms with Gasteiger partial charge in [-0.1, -0.05) is 18.2 Å². The fourth-order valence-corrected chi connectivity index (χ4v) is 4.73. The third-order valence-electron chi connectivity index (χ3n) is 6.55. The predicted molar refractivity (Wildman–Crippen MR) is 119 cm³/mol. The van der Waals surface area contributed by atoms with Crippen molar-refractivity contribution in [2.75, 3.05) is 38.6 Å². The molecule has 2 fully saturated rings. The second-order valence-corrected chi connectivity index (χ2v) is 8.43. The maximum atomic E-state index is 13.4. The standard InChI is InChI=1S/C24H26N4O4/c1-32-17-7-4-15(5-8-17)16-6-9-19-18(13-16)23(30)28-12-11-27(14-21(28)22(29)26-19)24(31)20-3-2-10-25-20/h4-9,13,20-21,25H,2-3,10-12,14H2,1H3,(H,26,29). The lowest BCUT2D eigenvalue weighted by atomic mass is 10.0. The number of anilines is 1. The van der Waals surface area contributed by atoms with E-state index >= 15 is 0 Å². The number of carbonyl (C=O) groups is 3. The van der Waals surface area contributed by atoms with Crippen LogP contribution in [0.5, 0.6) is 5.75 Å². The highest BCUT2D eigenvalue weighted by Gasteiger charge is 2.41. The number of hydrogen-bond donors (Lipinski definition) is 2. The molecular weight excluding hydrogens is 408 g/mol. The quantitative estimate of drug-likeness (QED) is 0.768. The van der Waals surface area contributed by atoms with Crippen molar-refractivity contribution in [3.05, 3.63) is 48.0 Å². The number of hydrogen-bond acceptors (Lipinski definition) is 5. The fraction of sp³-hybridized carbons (Fsp3) is 0.375. The molecule has 3 aliphatic heterocycles. The van der Waals surface area contributed by atoms with Crippen LogP contribution in [0.25, 0.3) is 11.1 Å². The molecule has 2 atom stereocenters. The second kappa shape index (κ2) is 8.27. The Morgan fingerprint density at radius 2 is 1.84 bits per heavy atom. The van der Waals surface area contributed by atoms with E-state index in [1.807, 2.05) is 36.4 Å². The van der Waals surface area contributed by atoms with Gasteiger partial charge in [0.1, 0.15) is 11.8 Å². The van der Waals surface area contributed by atoms with E-state index in [9.17, 15) is 14.4 Å². The Bertz CT molecular complexity index is 1060. The summed E-state index contributed by atoms with van der Waals surface area (Å²) in [6.07, 6.45) is 1.79. The molecule has 0 spiro atoms. The summed E-state index contributed by atoms with van der Waals surface area (Å²) in [6.45, 7) is 1.82. The summed E-state index contributed by atoms with van der Waals surface area (Å²) in [6, 6.07) is 12.2. The lowest BCUT2D eigenvalue weighted by Gasteiger charge is -2.40. The molecule has 166 valence electrons. The van der Waals surface area contributed by atoms with Crippen LogP contribution in [0.4, 0.5) is 5.69 Å². The average Bonchev–Trinajstić information content (AvgIpc) is 3.35. The number of nitrogens with one attached hydrogen (secondary N) is 2. The molecule has 0 aliphatic carbocycles. The Morgan fingerprint density at radius 1 is 1.06 bits per heavy atom. The molecule has 2 aromatic carbocycles. The Labute approximate surface area is 186 Å². The van der Waals surface area contributed by atoms with Gasteiger partial charge in [0.15, 0.2) is 0 Å². The summed E-state index contributed by atoms with van der Waals surface area (Å²) < 4.78 is 5.22. The molecule has 5 rings (SSSR count). The molecule has 3 amide bonds. The highest BCUT2D eigenvalue weighted by Crippen LogP contribution is 2.31. The summed E-state index contributed by atoms with van der Waals surface area (Å²) in [4.78, 5) is 42.6. The third kappa shape index (κ3) is 3.60. The number of methoxy groups -OCH3 is 1. The monoisotopic (exact) mass is 434 g/mol. The van der Waals surface area contributed by atoms with Gasteiger partial charge in [0.05, 0.1) is 30.9 Å². The van der Waals surface area contributed by atoms with Gasteiger partial charge in [-0.2, -0.15) is 0 Å². The van der Waals surface area contributed by atoms with Crippen molar-refractivity contribution in [3.63, 3.8) is 0 Å². The van der Waals surface area contributed by atoms with Crippen LogP contribution in [0.3, 0.4) is 0 Å². The molecule has 0 bridgehead atoms. The van der Waals surface area contributed by atoms with Gasteiger partial charge in [0.2, 0.25) is 11.8 Å². The molecule has 0 saturated carbocycles. The molecule has 2 aromatic rings. The molecular formula is C24H26N4O4. The highest BCUT2D eigenvalue weighted by atomic mass is 16.5. The molecule has 3 heterocycles. The Morgan fingerprint density at radius 3 is 2.56 bits per heavy atom. The first-order valence-electron chi connectivity index (χ1n) is 11.0. The van der Waals surface area contributed by atoms with Gasteiger partial charge in [-0.25, -0.2) is 0 Å². The lowest BCUT2D eigenvalue weighted by molar-refractivity contribution is -0.137. The number of ether oxygens (including phenoxy) is 1. The molecule has 2 unspecified atom stereocenters. The van der Waals surface area contributed by atoms with Crippen LogP contribution >= 0.6 is 0 Å². The van der Waals surface area contributed by atoms with Crippen molar-refractivity contribution in [1.29, 1.82) is 0 Å². The average molecular weight is 434 g/mol. The molecule has 2 saturated heterocycles. The first-order chi connectivity index (χ1) is 15.5. The molecule has 32 heavy (non-hydrogen) atoms. The number of carbonyl (C=O) groups excluding carboxylic acids is 3. The Hall–Kier alpha value is -3.39. The van der Waals surface area contributed by atoms with Crippen molar-refractivity contribution in [3.8, 4) is 16.9 Å². The van der Waals surface area contributed by atoms with E-state index in [1.54, 1.807) is 23.0 Å². The van der Waals surface area contributed by atoms with Crippen LogP contribution in [-0.4, -0.2) is 72.9 Å². The minimum atomic E-state index is -0.696. The fourth-order valence-electron chi connectivity index (χ4n) is 4.73. The molecule has 0 aromatic heterocycles. The number of benzene rings is 2. The summed E-state index contributed by atoms with van der Waals surface area (Å²) in [5.41, 5.74) is 2.80. The van der Waals surface area contributed by atoms with Gasteiger partial charge >= 0.3 is 0 Å². The van der Waals surface area contributed by atoms with E-state index in [4.69, 9.17) is 4.74 Å². The van der Waals surface area contributed by atoms with Crippen LogP contribution in [0.2, 0.25) is 0 Å². The zero-order valence-corrected chi connectivity index (χ0v) is 18.0. The zero-order chi connectivity index (χ0) is 22.2. The second-order valence-electron chi connectivity index (χ2n) is 8.43. The third-order valence-corrected chi connectivity index (χ3v) is 6.55. The largest absolute Gasteiger partial charge is 0.497 e. The van der Waals surface area contributed by atoms with Gasteiger partial charge in [-0.3, -0.25) is 14.4 Å². The number of amides is 3. The van der Waals surface area contributed by atoms with Crippen LogP contribution in [0.1, 0.15) is 23.2 Å². The molecule has 8 nitrogen and oxygen atoms in total. The summed E-state index contributed by atoms with van der Waals surface area (Å²) in [7, 11) is 1.62. The maximum Gasteiger partial charge on any atom is 0.256 e. The van der Waals surface area contributed by atoms with Crippen LogP contribution in [0, 0.1) is 0 Å². The number of fused-ring (bicyclic) bond motifs is 2. The van der Waals surface area contributed by atoms with Crippen molar-refractivity contribution < 1.29 is 19.1 Å². The molecule has 8 heteroatoms. The van der Waals surface area contributed by atoms with Crippen molar-refractivity contribution >= 4 is 23.4 Å². The van der Waals surface area contributed by atoms with Gasteiger partial charge in [-0.05, 0) is 54.8 Å². The summed E-state index contributed by atoms with van der Waals surface area (Å²) >= 11 is 0. The van der Waals surface area contributed by atoms with Gasteiger partial charge < -0.3 is 25.2 Å². The van der Waals surface area contributed by atoms with E-state index in [2.05, 4.69) is 10.6 Å². The van der Waals surface area contributed by atoms with Crippen LogP contribution < -0.4 is 15.4 Å². The normalized spacial score (nSPS) is 22.7. The minimum Gasteiger partial charge on any atom is -0.497 e. The topological polar surface area (TPSA) is 91.0 Å². The van der Waals surface area contributed by atoms with E-state index in [-0.39, 0.29) is 30.3 Å². The van der Waals surface area contributed by atoms with Crippen molar-refractivity contribution in [2.45, 2.75) is 24.9 Å². The smallest absolute Gasteiger partial charge is 0.256 e. The number of nitrogens with zero attached hydrogens (tertiary/aromatic N) is 2. The van der Waals surface area contributed by atoms with Crippen LogP contribution in [0.15, 0.2) is 42.5 Å². The van der Waals surface area contributed by atoms with Gasteiger partial charge in [0, 0.05) is 13.1 Å². The number of piperazine rings is 1. The molecule has 3 aliphatic rings. The SMILES string of the molecule is COc1ccc(-c2ccc3c(c2)C(=O)N2CCN(C(=O)C4CCCN4)CC2C(=O)N3)cc1. The predicted octanol–water partition coefficient (Wildman–Crippen LogP) is 1.72. The van der Waals surface area contributed by atoms with Crippen LogP contribution in [-0.2, 0) is 9.59 Å². The number of rotatable bonds is 3.